The van der Waals surface area contributed by atoms with E-state index < -0.39 is 0 Å². The van der Waals surface area contributed by atoms with Crippen molar-refractivity contribution in [2.45, 2.75) is 20.8 Å². The van der Waals surface area contributed by atoms with E-state index in [0.717, 1.165) is 5.56 Å². The maximum absolute atomic E-state index is 11.9. The molecular weight excluding hydrogens is 186 g/mol. The van der Waals surface area contributed by atoms with Gasteiger partial charge in [-0.2, -0.15) is 0 Å². The molecule has 0 fully saturated rings. The Balaban J connectivity index is 2.95. The second-order valence-corrected chi connectivity index (χ2v) is 5.16. The van der Waals surface area contributed by atoms with Crippen molar-refractivity contribution in [3.8, 4) is 0 Å². The Hall–Kier alpha value is -1.15. The van der Waals surface area contributed by atoms with Gasteiger partial charge in [0.05, 0.1) is 14.1 Å². The summed E-state index contributed by atoms with van der Waals surface area (Å²) < 4.78 is 0. The molecule has 0 atom stereocenters. The van der Waals surface area contributed by atoms with Crippen LogP contribution in [0.4, 0.5) is 5.69 Å². The lowest BCUT2D eigenvalue weighted by Gasteiger charge is -2.16. The van der Waals surface area contributed by atoms with Crippen LogP contribution >= 0.6 is 0 Å². The highest BCUT2D eigenvalue weighted by atomic mass is 16.1. The van der Waals surface area contributed by atoms with Crippen molar-refractivity contribution in [1.29, 1.82) is 0 Å². The Kier molecular flexibility index (Phi) is 3.30. The van der Waals surface area contributed by atoms with Crippen LogP contribution in [0.25, 0.3) is 0 Å². The number of ketones is 1. The summed E-state index contributed by atoms with van der Waals surface area (Å²) in [7, 11) is 4.14. The SMILES string of the molecule is C[NH+](C)c1ccc(C(=O)C(C)(C)C)cc1. The minimum absolute atomic E-state index is 0.197. The number of hydrogen-bond donors (Lipinski definition) is 1. The van der Waals surface area contributed by atoms with E-state index >= 15 is 0 Å². The number of carbonyl (C=O) groups excluding carboxylic acids is 1. The van der Waals surface area contributed by atoms with E-state index in [-0.39, 0.29) is 11.2 Å². The van der Waals surface area contributed by atoms with Gasteiger partial charge < -0.3 is 4.90 Å². The summed E-state index contributed by atoms with van der Waals surface area (Å²) in [5, 5.41) is 0. The van der Waals surface area contributed by atoms with Crippen LogP contribution in [0.2, 0.25) is 0 Å². The van der Waals surface area contributed by atoms with Crippen LogP contribution in [0.5, 0.6) is 0 Å². The van der Waals surface area contributed by atoms with Gasteiger partial charge in [-0.25, -0.2) is 0 Å². The molecule has 0 unspecified atom stereocenters. The van der Waals surface area contributed by atoms with Crippen molar-refractivity contribution in [3.05, 3.63) is 29.8 Å². The molecule has 0 heterocycles. The van der Waals surface area contributed by atoms with Crippen LogP contribution < -0.4 is 4.90 Å². The monoisotopic (exact) mass is 206 g/mol. The van der Waals surface area contributed by atoms with E-state index in [9.17, 15) is 4.79 Å². The lowest BCUT2D eigenvalue weighted by Crippen LogP contribution is -3.00. The van der Waals surface area contributed by atoms with Gasteiger partial charge in [-0.05, 0) is 24.3 Å². The molecule has 0 bridgehead atoms. The zero-order valence-corrected chi connectivity index (χ0v) is 10.2. The lowest BCUT2D eigenvalue weighted by atomic mass is 9.86. The minimum Gasteiger partial charge on any atom is -0.307 e. The molecule has 2 heteroatoms. The van der Waals surface area contributed by atoms with E-state index in [1.165, 1.54) is 10.6 Å². The second-order valence-electron chi connectivity index (χ2n) is 5.16. The van der Waals surface area contributed by atoms with Gasteiger partial charge in [0.1, 0.15) is 5.69 Å². The summed E-state index contributed by atoms with van der Waals surface area (Å²) in [5.41, 5.74) is 1.69. The molecular formula is C13H20NO+. The molecule has 1 aromatic carbocycles. The van der Waals surface area contributed by atoms with E-state index in [2.05, 4.69) is 14.1 Å². The van der Waals surface area contributed by atoms with Crippen molar-refractivity contribution < 1.29 is 9.69 Å². The van der Waals surface area contributed by atoms with Crippen molar-refractivity contribution in [3.63, 3.8) is 0 Å². The van der Waals surface area contributed by atoms with Crippen molar-refractivity contribution in [2.75, 3.05) is 14.1 Å². The third-order valence-corrected chi connectivity index (χ3v) is 2.41. The summed E-state index contributed by atoms with van der Waals surface area (Å²) in [6.45, 7) is 5.83. The first-order valence-corrected chi connectivity index (χ1v) is 5.28. The molecule has 0 aliphatic heterocycles. The number of benzene rings is 1. The smallest absolute Gasteiger partial charge is 0.168 e. The fraction of sp³-hybridized carbons (Fsp3) is 0.462. The maximum atomic E-state index is 11.9. The molecule has 0 aliphatic rings. The first kappa shape index (κ1) is 11.9. The third-order valence-electron chi connectivity index (χ3n) is 2.41. The molecule has 1 rings (SSSR count). The van der Waals surface area contributed by atoms with Gasteiger partial charge in [0, 0.05) is 11.0 Å². The Bertz CT molecular complexity index is 344. The molecule has 15 heavy (non-hydrogen) atoms. The lowest BCUT2D eigenvalue weighted by molar-refractivity contribution is -0.786. The maximum Gasteiger partial charge on any atom is 0.168 e. The van der Waals surface area contributed by atoms with Crippen LogP contribution in [0.3, 0.4) is 0 Å². The van der Waals surface area contributed by atoms with Gasteiger partial charge in [0.15, 0.2) is 5.78 Å². The summed E-state index contributed by atoms with van der Waals surface area (Å²) in [5.74, 6) is 0.197. The van der Waals surface area contributed by atoms with Gasteiger partial charge in [-0.15, -0.1) is 0 Å². The largest absolute Gasteiger partial charge is 0.307 e. The van der Waals surface area contributed by atoms with Crippen molar-refractivity contribution in [2.24, 2.45) is 5.41 Å². The van der Waals surface area contributed by atoms with Gasteiger partial charge in [-0.1, -0.05) is 20.8 Å². The zero-order valence-electron chi connectivity index (χ0n) is 10.2. The quantitative estimate of drug-likeness (QED) is 0.731. The average molecular weight is 206 g/mol. The predicted octanol–water partition coefficient (Wildman–Crippen LogP) is 1.69. The molecule has 0 aromatic heterocycles. The Morgan fingerprint density at radius 2 is 1.53 bits per heavy atom. The number of rotatable bonds is 2. The molecule has 82 valence electrons. The van der Waals surface area contributed by atoms with Crippen LogP contribution in [0.15, 0.2) is 24.3 Å². The summed E-state index contributed by atoms with van der Waals surface area (Å²) >= 11 is 0. The first-order chi connectivity index (χ1) is 6.82. The molecule has 0 saturated carbocycles. The van der Waals surface area contributed by atoms with E-state index in [1.54, 1.807) is 0 Å². The highest BCUT2D eigenvalue weighted by Crippen LogP contribution is 2.21. The molecule has 0 radical (unpaired) electrons. The van der Waals surface area contributed by atoms with Gasteiger partial charge in [0.25, 0.3) is 0 Å². The number of quaternary nitrogens is 1. The fourth-order valence-electron chi connectivity index (χ4n) is 1.39. The summed E-state index contributed by atoms with van der Waals surface area (Å²) in [6.07, 6.45) is 0. The number of nitrogens with one attached hydrogen (secondary N) is 1. The van der Waals surface area contributed by atoms with Gasteiger partial charge >= 0.3 is 0 Å². The number of hydrogen-bond acceptors (Lipinski definition) is 1. The topological polar surface area (TPSA) is 21.5 Å². The van der Waals surface area contributed by atoms with E-state index in [4.69, 9.17) is 0 Å². The molecule has 2 nitrogen and oxygen atoms in total. The minimum atomic E-state index is -0.299. The molecule has 0 saturated heterocycles. The zero-order chi connectivity index (χ0) is 11.6. The molecule has 1 aromatic rings. The molecule has 0 aliphatic carbocycles. The van der Waals surface area contributed by atoms with E-state index in [0.29, 0.717) is 0 Å². The highest BCUT2D eigenvalue weighted by molar-refractivity contribution is 5.99. The molecule has 0 amide bonds. The molecule has 1 N–H and O–H groups in total. The highest BCUT2D eigenvalue weighted by Gasteiger charge is 2.22. The Labute approximate surface area is 91.9 Å². The van der Waals surface area contributed by atoms with Crippen LogP contribution in [0, 0.1) is 5.41 Å². The second kappa shape index (κ2) is 4.15. The van der Waals surface area contributed by atoms with Crippen LogP contribution in [-0.4, -0.2) is 19.9 Å². The molecule has 0 spiro atoms. The number of Topliss-reactive ketones (excluding diaryl/α,β-unsaturated/α-hetero) is 1. The van der Waals surface area contributed by atoms with Gasteiger partial charge in [0.2, 0.25) is 0 Å². The normalized spacial score (nSPS) is 11.9. The van der Waals surface area contributed by atoms with Gasteiger partial charge in [-0.3, -0.25) is 4.79 Å². The Morgan fingerprint density at radius 3 is 1.87 bits per heavy atom. The van der Waals surface area contributed by atoms with Crippen molar-refractivity contribution in [1.82, 2.24) is 0 Å². The first-order valence-electron chi connectivity index (χ1n) is 5.28. The van der Waals surface area contributed by atoms with E-state index in [1.807, 2.05) is 45.0 Å². The Morgan fingerprint density at radius 1 is 1.07 bits per heavy atom. The predicted molar refractivity (Wildman–Crippen MR) is 62.7 cm³/mol. The average Bonchev–Trinajstić information content (AvgIpc) is 2.15. The standard InChI is InChI=1S/C13H19NO/c1-13(2,3)12(15)10-6-8-11(9-7-10)14(4)5/h6-9H,1-5H3/p+1. The summed E-state index contributed by atoms with van der Waals surface area (Å²) in [6, 6.07) is 7.84. The number of carbonyl (C=O) groups is 1. The third kappa shape index (κ3) is 2.90. The van der Waals surface area contributed by atoms with Crippen LogP contribution in [0.1, 0.15) is 31.1 Å². The van der Waals surface area contributed by atoms with Crippen LogP contribution in [-0.2, 0) is 0 Å². The van der Waals surface area contributed by atoms with Crippen molar-refractivity contribution >= 4 is 11.5 Å². The summed E-state index contributed by atoms with van der Waals surface area (Å²) in [4.78, 5) is 13.2. The fourth-order valence-corrected chi connectivity index (χ4v) is 1.39.